The predicted octanol–water partition coefficient (Wildman–Crippen LogP) is 9.41. The second kappa shape index (κ2) is 26.3. The van der Waals surface area contributed by atoms with Gasteiger partial charge in [-0.2, -0.15) is 0 Å². The molecule has 1 unspecified atom stereocenters. The zero-order chi connectivity index (χ0) is 25.1. The summed E-state index contributed by atoms with van der Waals surface area (Å²) in [6.07, 6.45) is 30.6. The van der Waals surface area contributed by atoms with Crippen LogP contribution in [0.5, 0.6) is 0 Å². The lowest BCUT2D eigenvalue weighted by atomic mass is 9.97. The topological polar surface area (TPSA) is 63.6 Å². The molecule has 0 amide bonds. The van der Waals surface area contributed by atoms with Gasteiger partial charge in [-0.25, -0.2) is 0 Å². The molecule has 1 N–H and O–H groups in total. The number of aliphatic carboxylic acids is 1. The Bertz CT molecular complexity index is 486. The second-order valence-electron chi connectivity index (χ2n) is 9.95. The van der Waals surface area contributed by atoms with E-state index in [2.05, 4.69) is 19.1 Å². The monoisotopic (exact) mass is 480 g/mol. The largest absolute Gasteiger partial charge is 0.481 e. The first-order valence-corrected chi connectivity index (χ1v) is 14.6. The van der Waals surface area contributed by atoms with Crippen molar-refractivity contribution in [2.24, 2.45) is 5.92 Å². The number of carboxylic acid groups (broad SMARTS) is 1. The fraction of sp³-hybridized carbons (Fsp3) is 0.867. The summed E-state index contributed by atoms with van der Waals surface area (Å²) in [6.45, 7) is 4.57. The van der Waals surface area contributed by atoms with Crippen LogP contribution in [0.4, 0.5) is 0 Å². The van der Waals surface area contributed by atoms with E-state index < -0.39 is 11.9 Å². The number of carbonyl (C=O) groups is 2. The van der Waals surface area contributed by atoms with Gasteiger partial charge in [0.25, 0.3) is 0 Å². The molecule has 0 spiro atoms. The number of rotatable bonds is 26. The Labute approximate surface area is 211 Å². The molecule has 0 fully saturated rings. The predicted molar refractivity (Wildman–Crippen MR) is 144 cm³/mol. The molecule has 0 bridgehead atoms. The van der Waals surface area contributed by atoms with Gasteiger partial charge in [0.2, 0.25) is 0 Å². The summed E-state index contributed by atoms with van der Waals surface area (Å²) in [5, 5.41) is 9.30. The number of carbonyl (C=O) groups excluding carboxylic acids is 1. The normalized spacial score (nSPS) is 12.3. The van der Waals surface area contributed by atoms with E-state index >= 15 is 0 Å². The first-order valence-electron chi connectivity index (χ1n) is 14.6. The number of hydrogen-bond acceptors (Lipinski definition) is 3. The number of esters is 1. The third-order valence-corrected chi connectivity index (χ3v) is 6.54. The van der Waals surface area contributed by atoms with Crippen LogP contribution in [0.2, 0.25) is 0 Å². The number of ether oxygens (including phenoxy) is 1. The SMILES string of the molecule is CCCCCC/C=C/CCCCCCCCCCCCCCCC(CC(=O)OCCC)C(=O)O. The molecule has 0 aromatic carbocycles. The average Bonchev–Trinajstić information content (AvgIpc) is 2.82. The Morgan fingerprint density at radius 3 is 1.53 bits per heavy atom. The van der Waals surface area contributed by atoms with Gasteiger partial charge in [0.1, 0.15) is 0 Å². The van der Waals surface area contributed by atoms with Crippen LogP contribution >= 0.6 is 0 Å². The number of carboxylic acids is 1. The van der Waals surface area contributed by atoms with Crippen molar-refractivity contribution in [1.82, 2.24) is 0 Å². The van der Waals surface area contributed by atoms with Crippen molar-refractivity contribution in [3.05, 3.63) is 12.2 Å². The minimum absolute atomic E-state index is 0.00553. The van der Waals surface area contributed by atoms with E-state index in [1.807, 2.05) is 6.92 Å². The van der Waals surface area contributed by atoms with Gasteiger partial charge in [-0.1, -0.05) is 122 Å². The minimum atomic E-state index is -0.876. The summed E-state index contributed by atoms with van der Waals surface area (Å²) in [6, 6.07) is 0. The van der Waals surface area contributed by atoms with Crippen molar-refractivity contribution in [3.63, 3.8) is 0 Å². The van der Waals surface area contributed by atoms with Crippen molar-refractivity contribution in [2.45, 2.75) is 155 Å². The Morgan fingerprint density at radius 2 is 1.09 bits per heavy atom. The first kappa shape index (κ1) is 32.7. The van der Waals surface area contributed by atoms with E-state index in [9.17, 15) is 14.7 Å². The Kier molecular flexibility index (Phi) is 25.3. The molecule has 0 heterocycles. The van der Waals surface area contributed by atoms with Crippen LogP contribution in [0, 0.1) is 5.92 Å². The van der Waals surface area contributed by atoms with Crippen LogP contribution in [-0.2, 0) is 14.3 Å². The molecule has 0 aliphatic rings. The highest BCUT2D eigenvalue weighted by molar-refractivity contribution is 5.78. The van der Waals surface area contributed by atoms with Crippen LogP contribution in [-0.4, -0.2) is 23.7 Å². The first-order chi connectivity index (χ1) is 16.6. The van der Waals surface area contributed by atoms with E-state index in [0.29, 0.717) is 13.0 Å². The molecule has 0 rings (SSSR count). The van der Waals surface area contributed by atoms with Gasteiger partial charge >= 0.3 is 11.9 Å². The van der Waals surface area contributed by atoms with E-state index in [1.165, 1.54) is 109 Å². The van der Waals surface area contributed by atoms with Gasteiger partial charge in [0.05, 0.1) is 18.9 Å². The maximum Gasteiger partial charge on any atom is 0.307 e. The number of hydrogen-bond donors (Lipinski definition) is 1. The molecule has 200 valence electrons. The number of unbranched alkanes of at least 4 members (excludes halogenated alkanes) is 17. The molecule has 0 saturated heterocycles. The molecular weight excluding hydrogens is 424 g/mol. The average molecular weight is 481 g/mol. The maximum atomic E-state index is 11.6. The molecule has 0 aromatic heterocycles. The van der Waals surface area contributed by atoms with Crippen molar-refractivity contribution < 1.29 is 19.4 Å². The highest BCUT2D eigenvalue weighted by Gasteiger charge is 2.21. The van der Waals surface area contributed by atoms with Crippen LogP contribution in [0.25, 0.3) is 0 Å². The van der Waals surface area contributed by atoms with E-state index in [4.69, 9.17) is 4.74 Å². The molecule has 4 nitrogen and oxygen atoms in total. The van der Waals surface area contributed by atoms with Crippen molar-refractivity contribution in [2.75, 3.05) is 6.61 Å². The van der Waals surface area contributed by atoms with Crippen molar-refractivity contribution >= 4 is 11.9 Å². The van der Waals surface area contributed by atoms with E-state index in [-0.39, 0.29) is 12.4 Å². The molecule has 0 saturated carbocycles. The maximum absolute atomic E-state index is 11.6. The molecule has 34 heavy (non-hydrogen) atoms. The lowest BCUT2D eigenvalue weighted by molar-refractivity contribution is -0.151. The molecule has 0 aliphatic carbocycles. The number of allylic oxidation sites excluding steroid dienone is 2. The Morgan fingerprint density at radius 1 is 0.647 bits per heavy atom. The quantitative estimate of drug-likeness (QED) is 0.0760. The molecular formula is C30H56O4. The summed E-state index contributed by atoms with van der Waals surface area (Å²) in [5.74, 6) is -1.85. The summed E-state index contributed by atoms with van der Waals surface area (Å²) >= 11 is 0. The van der Waals surface area contributed by atoms with Gasteiger partial charge in [0, 0.05) is 0 Å². The fourth-order valence-electron chi connectivity index (χ4n) is 4.31. The van der Waals surface area contributed by atoms with Gasteiger partial charge in [-0.3, -0.25) is 9.59 Å². The summed E-state index contributed by atoms with van der Waals surface area (Å²) in [5.41, 5.74) is 0. The van der Waals surface area contributed by atoms with Gasteiger partial charge in [-0.05, 0) is 38.5 Å². The molecule has 4 heteroatoms. The second-order valence-corrected chi connectivity index (χ2v) is 9.95. The summed E-state index contributed by atoms with van der Waals surface area (Å²) in [7, 11) is 0. The van der Waals surface area contributed by atoms with Gasteiger partial charge < -0.3 is 9.84 Å². The minimum Gasteiger partial charge on any atom is -0.481 e. The summed E-state index contributed by atoms with van der Waals surface area (Å²) < 4.78 is 5.02. The lowest BCUT2D eigenvalue weighted by Crippen LogP contribution is -2.19. The van der Waals surface area contributed by atoms with Crippen LogP contribution in [0.15, 0.2) is 12.2 Å². The van der Waals surface area contributed by atoms with E-state index in [0.717, 1.165) is 19.3 Å². The third kappa shape index (κ3) is 23.8. The standard InChI is InChI=1S/C30H56O4/c1-3-5-6-7-8-9-10-11-12-13-14-15-16-17-18-19-20-21-22-23-24-25-28(30(32)33)27-29(31)34-26-4-2/h9-10,28H,3-8,11-27H2,1-2H3,(H,32,33)/b10-9+. The van der Waals surface area contributed by atoms with Crippen molar-refractivity contribution in [3.8, 4) is 0 Å². The third-order valence-electron chi connectivity index (χ3n) is 6.54. The lowest BCUT2D eigenvalue weighted by Gasteiger charge is -2.11. The van der Waals surface area contributed by atoms with Gasteiger partial charge in [0.15, 0.2) is 0 Å². The molecule has 0 aliphatic heterocycles. The fourth-order valence-corrected chi connectivity index (χ4v) is 4.31. The smallest absolute Gasteiger partial charge is 0.307 e. The zero-order valence-electron chi connectivity index (χ0n) is 22.7. The zero-order valence-corrected chi connectivity index (χ0v) is 22.7. The highest BCUT2D eigenvalue weighted by Crippen LogP contribution is 2.17. The van der Waals surface area contributed by atoms with Gasteiger partial charge in [-0.15, -0.1) is 0 Å². The van der Waals surface area contributed by atoms with Crippen LogP contribution < -0.4 is 0 Å². The highest BCUT2D eigenvalue weighted by atomic mass is 16.5. The van der Waals surface area contributed by atoms with E-state index in [1.54, 1.807) is 0 Å². The Balaban J connectivity index is 3.37. The van der Waals surface area contributed by atoms with Crippen LogP contribution in [0.1, 0.15) is 155 Å². The molecule has 1 atom stereocenters. The Hall–Kier alpha value is -1.32. The van der Waals surface area contributed by atoms with Crippen molar-refractivity contribution in [1.29, 1.82) is 0 Å². The van der Waals surface area contributed by atoms with Crippen LogP contribution in [0.3, 0.4) is 0 Å². The summed E-state index contributed by atoms with van der Waals surface area (Å²) in [4.78, 5) is 23.0. The molecule has 0 radical (unpaired) electrons. The molecule has 0 aromatic rings.